The standard InChI is InChI=1S/C22H27N3O4/c1-27-19-6-4-18(5-7-19)25-13-11-24(12-14-25)10-2-9-23-22(26)17-3-8-20-21(15-17)29-16-28-20/h3-8,15H,2,9-14,16H2,1H3,(H,23,26). The van der Waals surface area contributed by atoms with Crippen LogP contribution in [0.1, 0.15) is 16.8 Å². The Labute approximate surface area is 171 Å². The summed E-state index contributed by atoms with van der Waals surface area (Å²) in [4.78, 5) is 17.2. The first kappa shape index (κ1) is 19.4. The van der Waals surface area contributed by atoms with E-state index in [1.54, 1.807) is 25.3 Å². The highest BCUT2D eigenvalue weighted by atomic mass is 16.7. The van der Waals surface area contributed by atoms with Gasteiger partial charge < -0.3 is 24.4 Å². The van der Waals surface area contributed by atoms with Gasteiger partial charge in [-0.15, -0.1) is 0 Å². The van der Waals surface area contributed by atoms with Crippen LogP contribution >= 0.6 is 0 Å². The second kappa shape index (κ2) is 9.05. The van der Waals surface area contributed by atoms with E-state index in [1.807, 2.05) is 12.1 Å². The minimum absolute atomic E-state index is 0.0763. The molecule has 0 spiro atoms. The molecule has 0 bridgehead atoms. The number of benzene rings is 2. The maximum absolute atomic E-state index is 12.3. The second-order valence-electron chi connectivity index (χ2n) is 7.20. The number of methoxy groups -OCH3 is 1. The van der Waals surface area contributed by atoms with Gasteiger partial charge in [0.15, 0.2) is 11.5 Å². The number of carbonyl (C=O) groups excluding carboxylic acids is 1. The fourth-order valence-corrected chi connectivity index (χ4v) is 3.67. The maximum atomic E-state index is 12.3. The van der Waals surface area contributed by atoms with Crippen molar-refractivity contribution in [1.29, 1.82) is 0 Å². The van der Waals surface area contributed by atoms with Gasteiger partial charge in [-0.1, -0.05) is 0 Å². The summed E-state index contributed by atoms with van der Waals surface area (Å²) < 4.78 is 15.8. The fourth-order valence-electron chi connectivity index (χ4n) is 3.67. The van der Waals surface area contributed by atoms with Gasteiger partial charge in [0.05, 0.1) is 7.11 Å². The number of hydrogen-bond donors (Lipinski definition) is 1. The van der Waals surface area contributed by atoms with Crippen LogP contribution in [0, 0.1) is 0 Å². The summed E-state index contributed by atoms with van der Waals surface area (Å²) in [6.45, 7) is 5.94. The summed E-state index contributed by atoms with van der Waals surface area (Å²) in [7, 11) is 1.69. The minimum Gasteiger partial charge on any atom is -0.497 e. The molecule has 1 amide bonds. The smallest absolute Gasteiger partial charge is 0.251 e. The lowest BCUT2D eigenvalue weighted by molar-refractivity contribution is 0.0951. The number of fused-ring (bicyclic) bond motifs is 1. The van der Waals surface area contributed by atoms with E-state index in [0.29, 0.717) is 23.6 Å². The Balaban J connectivity index is 1.16. The Morgan fingerprint density at radius 1 is 1.03 bits per heavy atom. The largest absolute Gasteiger partial charge is 0.497 e. The van der Waals surface area contributed by atoms with Crippen LogP contribution < -0.4 is 24.4 Å². The van der Waals surface area contributed by atoms with E-state index in [4.69, 9.17) is 14.2 Å². The van der Waals surface area contributed by atoms with Crippen molar-refractivity contribution >= 4 is 11.6 Å². The van der Waals surface area contributed by atoms with Crippen molar-refractivity contribution < 1.29 is 19.0 Å². The van der Waals surface area contributed by atoms with Crippen LogP contribution in [-0.2, 0) is 0 Å². The summed E-state index contributed by atoms with van der Waals surface area (Å²) in [5.74, 6) is 2.13. The molecule has 0 radical (unpaired) electrons. The van der Waals surface area contributed by atoms with Crippen molar-refractivity contribution in [3.8, 4) is 17.2 Å². The van der Waals surface area contributed by atoms with Gasteiger partial charge >= 0.3 is 0 Å². The van der Waals surface area contributed by atoms with Crippen LogP contribution in [0.3, 0.4) is 0 Å². The van der Waals surface area contributed by atoms with Gasteiger partial charge in [-0.05, 0) is 55.4 Å². The molecule has 2 aliphatic rings. The molecule has 0 aliphatic carbocycles. The van der Waals surface area contributed by atoms with Crippen molar-refractivity contribution in [1.82, 2.24) is 10.2 Å². The molecule has 4 rings (SSSR count). The van der Waals surface area contributed by atoms with Crippen molar-refractivity contribution in [2.45, 2.75) is 6.42 Å². The van der Waals surface area contributed by atoms with Crippen LogP contribution in [0.25, 0.3) is 0 Å². The average molecular weight is 397 g/mol. The molecule has 0 saturated carbocycles. The number of piperazine rings is 1. The zero-order valence-corrected chi connectivity index (χ0v) is 16.7. The van der Waals surface area contributed by atoms with E-state index in [2.05, 4.69) is 27.2 Å². The van der Waals surface area contributed by atoms with E-state index < -0.39 is 0 Å². The van der Waals surface area contributed by atoms with Crippen molar-refractivity contribution in [3.05, 3.63) is 48.0 Å². The van der Waals surface area contributed by atoms with Crippen molar-refractivity contribution in [2.24, 2.45) is 0 Å². The van der Waals surface area contributed by atoms with Crippen LogP contribution in [0.5, 0.6) is 17.2 Å². The van der Waals surface area contributed by atoms with Gasteiger partial charge in [0.2, 0.25) is 6.79 Å². The molecule has 7 heteroatoms. The summed E-state index contributed by atoms with van der Waals surface area (Å²) in [5.41, 5.74) is 1.84. The predicted molar refractivity (Wildman–Crippen MR) is 111 cm³/mol. The maximum Gasteiger partial charge on any atom is 0.251 e. The zero-order chi connectivity index (χ0) is 20.1. The summed E-state index contributed by atoms with van der Waals surface area (Å²) >= 11 is 0. The lowest BCUT2D eigenvalue weighted by atomic mass is 10.2. The molecule has 2 aliphatic heterocycles. The Morgan fingerprint density at radius 2 is 1.79 bits per heavy atom. The molecule has 154 valence electrons. The number of amides is 1. The number of nitrogens with one attached hydrogen (secondary N) is 1. The second-order valence-corrected chi connectivity index (χ2v) is 7.20. The summed E-state index contributed by atoms with van der Waals surface area (Å²) in [6, 6.07) is 13.5. The molecule has 2 heterocycles. The third-order valence-electron chi connectivity index (χ3n) is 5.38. The Morgan fingerprint density at radius 3 is 2.55 bits per heavy atom. The molecular weight excluding hydrogens is 370 g/mol. The molecular formula is C22H27N3O4. The van der Waals surface area contributed by atoms with E-state index in [9.17, 15) is 4.79 Å². The molecule has 1 fully saturated rings. The molecule has 1 N–H and O–H groups in total. The lowest BCUT2D eigenvalue weighted by Crippen LogP contribution is -2.47. The summed E-state index contributed by atoms with van der Waals surface area (Å²) in [6.07, 6.45) is 0.929. The number of carbonyl (C=O) groups is 1. The van der Waals surface area contributed by atoms with Crippen LogP contribution in [0.4, 0.5) is 5.69 Å². The lowest BCUT2D eigenvalue weighted by Gasteiger charge is -2.36. The first-order chi connectivity index (χ1) is 14.2. The highest BCUT2D eigenvalue weighted by molar-refractivity contribution is 5.94. The number of rotatable bonds is 7. The normalized spacial score (nSPS) is 16.0. The average Bonchev–Trinajstić information content (AvgIpc) is 3.25. The topological polar surface area (TPSA) is 63.3 Å². The molecule has 0 unspecified atom stereocenters. The van der Waals surface area contributed by atoms with Crippen molar-refractivity contribution in [2.75, 3.05) is 58.1 Å². The van der Waals surface area contributed by atoms with E-state index >= 15 is 0 Å². The number of anilines is 1. The Hall–Kier alpha value is -2.93. The summed E-state index contributed by atoms with van der Waals surface area (Å²) in [5, 5.41) is 2.99. The SMILES string of the molecule is COc1ccc(N2CCN(CCCNC(=O)c3ccc4c(c3)OCO4)CC2)cc1. The van der Waals surface area contributed by atoms with Gasteiger partial charge in [-0.3, -0.25) is 9.69 Å². The molecule has 2 aromatic carbocycles. The highest BCUT2D eigenvalue weighted by Gasteiger charge is 2.18. The number of ether oxygens (including phenoxy) is 3. The zero-order valence-electron chi connectivity index (χ0n) is 16.7. The van der Waals surface area contributed by atoms with Gasteiger partial charge in [0.1, 0.15) is 5.75 Å². The third-order valence-corrected chi connectivity index (χ3v) is 5.38. The van der Waals surface area contributed by atoms with Gasteiger partial charge in [0, 0.05) is 44.0 Å². The molecule has 7 nitrogen and oxygen atoms in total. The fraction of sp³-hybridized carbons (Fsp3) is 0.409. The van der Waals surface area contributed by atoms with E-state index in [-0.39, 0.29) is 12.7 Å². The van der Waals surface area contributed by atoms with Crippen LogP contribution in [0.15, 0.2) is 42.5 Å². The first-order valence-electron chi connectivity index (χ1n) is 10.0. The van der Waals surface area contributed by atoms with Gasteiger partial charge in [-0.2, -0.15) is 0 Å². The molecule has 0 atom stereocenters. The Kier molecular flexibility index (Phi) is 6.05. The number of nitrogens with zero attached hydrogens (tertiary/aromatic N) is 2. The van der Waals surface area contributed by atoms with Crippen LogP contribution in [-0.4, -0.2) is 64.0 Å². The quantitative estimate of drug-likeness (QED) is 0.724. The molecule has 0 aromatic heterocycles. The van der Waals surface area contributed by atoms with Gasteiger partial charge in [-0.25, -0.2) is 0 Å². The Bertz CT molecular complexity index is 832. The van der Waals surface area contributed by atoms with Crippen LogP contribution in [0.2, 0.25) is 0 Å². The molecule has 1 saturated heterocycles. The van der Waals surface area contributed by atoms with Crippen molar-refractivity contribution in [3.63, 3.8) is 0 Å². The molecule has 2 aromatic rings. The molecule has 29 heavy (non-hydrogen) atoms. The number of hydrogen-bond acceptors (Lipinski definition) is 6. The predicted octanol–water partition coefficient (Wildman–Crippen LogP) is 2.37. The third kappa shape index (κ3) is 4.74. The first-order valence-corrected chi connectivity index (χ1v) is 10.0. The monoisotopic (exact) mass is 397 g/mol. The van der Waals surface area contributed by atoms with E-state index in [0.717, 1.165) is 44.9 Å². The van der Waals surface area contributed by atoms with E-state index in [1.165, 1.54) is 5.69 Å². The highest BCUT2D eigenvalue weighted by Crippen LogP contribution is 2.32. The van der Waals surface area contributed by atoms with Gasteiger partial charge in [0.25, 0.3) is 5.91 Å². The minimum atomic E-state index is -0.0763.